The largest absolute Gasteiger partial charge is 0.508 e. The maximum atomic E-state index is 10.1. The summed E-state index contributed by atoms with van der Waals surface area (Å²) in [5.74, 6) is 0.681. The summed E-state index contributed by atoms with van der Waals surface area (Å²) in [6.45, 7) is 13.6. The minimum Gasteiger partial charge on any atom is -0.508 e. The van der Waals surface area contributed by atoms with Gasteiger partial charge in [0.05, 0.1) is 0 Å². The molecule has 0 saturated heterocycles. The zero-order valence-electron chi connectivity index (χ0n) is 21.9. The molecule has 0 aliphatic rings. The quantitative estimate of drug-likeness (QED) is 0.320. The van der Waals surface area contributed by atoms with Crippen LogP contribution in [0.2, 0.25) is 0 Å². The van der Waals surface area contributed by atoms with Crippen LogP contribution in [0.3, 0.4) is 0 Å². The van der Waals surface area contributed by atoms with Crippen molar-refractivity contribution in [1.82, 2.24) is 0 Å². The second kappa shape index (κ2) is 10.7. The lowest BCUT2D eigenvalue weighted by Gasteiger charge is -2.33. The molecule has 182 valence electrons. The van der Waals surface area contributed by atoms with Gasteiger partial charge in [-0.1, -0.05) is 90.8 Å². The van der Waals surface area contributed by atoms with E-state index in [0.717, 1.165) is 38.5 Å². The monoisotopic (exact) mass is 458 g/mol. The van der Waals surface area contributed by atoms with Crippen LogP contribution in [0, 0.1) is 0 Å². The Labute approximate surface area is 206 Å². The summed E-state index contributed by atoms with van der Waals surface area (Å²) in [5, 5.41) is 20.3. The van der Waals surface area contributed by atoms with Crippen LogP contribution in [0.5, 0.6) is 11.5 Å². The van der Waals surface area contributed by atoms with Gasteiger partial charge in [0.25, 0.3) is 0 Å². The molecule has 3 rings (SSSR count). The van der Waals surface area contributed by atoms with E-state index >= 15 is 0 Å². The molecular weight excluding hydrogens is 416 g/mol. The van der Waals surface area contributed by atoms with Gasteiger partial charge in [0.1, 0.15) is 11.5 Å². The van der Waals surface area contributed by atoms with Gasteiger partial charge in [-0.25, -0.2) is 0 Å². The Morgan fingerprint density at radius 1 is 0.588 bits per heavy atom. The molecule has 3 aromatic carbocycles. The van der Waals surface area contributed by atoms with Crippen LogP contribution in [-0.2, 0) is 23.7 Å². The van der Waals surface area contributed by atoms with Gasteiger partial charge in [0.15, 0.2) is 0 Å². The molecule has 34 heavy (non-hydrogen) atoms. The van der Waals surface area contributed by atoms with Crippen molar-refractivity contribution >= 4 is 0 Å². The van der Waals surface area contributed by atoms with Gasteiger partial charge in [-0.3, -0.25) is 0 Å². The Morgan fingerprint density at radius 3 is 1.38 bits per heavy atom. The van der Waals surface area contributed by atoms with Crippen LogP contribution < -0.4 is 0 Å². The van der Waals surface area contributed by atoms with E-state index in [4.69, 9.17) is 0 Å². The Balaban J connectivity index is 2.06. The predicted octanol–water partition coefficient (Wildman–Crippen LogP) is 8.43. The molecule has 0 fully saturated rings. The summed E-state index contributed by atoms with van der Waals surface area (Å²) in [6, 6.07) is 20.7. The van der Waals surface area contributed by atoms with Crippen LogP contribution in [0.15, 0.2) is 60.7 Å². The van der Waals surface area contributed by atoms with E-state index in [2.05, 4.69) is 77.9 Å². The maximum Gasteiger partial charge on any atom is 0.115 e. The Bertz CT molecular complexity index is 1020. The van der Waals surface area contributed by atoms with Crippen molar-refractivity contribution in [2.24, 2.45) is 0 Å². The molecule has 3 aromatic rings. The minimum atomic E-state index is -0.192. The first-order valence-electron chi connectivity index (χ1n) is 12.9. The van der Waals surface area contributed by atoms with Gasteiger partial charge in [-0.15, -0.1) is 0 Å². The number of phenols is 2. The molecule has 2 N–H and O–H groups in total. The second-order valence-electron chi connectivity index (χ2n) is 10.7. The smallest absolute Gasteiger partial charge is 0.115 e. The molecule has 0 aliphatic heterocycles. The number of aromatic hydroxyl groups is 2. The number of hydrogen-bond donors (Lipinski definition) is 2. The number of phenolic OH excluding ortho intramolecular Hbond substituents is 2. The first-order chi connectivity index (χ1) is 16.1. The van der Waals surface area contributed by atoms with Crippen molar-refractivity contribution in [1.29, 1.82) is 0 Å². The lowest BCUT2D eigenvalue weighted by atomic mass is 9.71. The van der Waals surface area contributed by atoms with Gasteiger partial charge in [-0.2, -0.15) is 0 Å². The highest BCUT2D eigenvalue weighted by Crippen LogP contribution is 2.40. The molecule has 0 radical (unpaired) electrons. The standard InChI is InChI=1S/C32H42O2/c1-7-9-12-23-20-27(33)16-18-29(23)31(3,4)25-14-11-15-26(22-25)32(5,6)30-19-17-28(34)21-24(30)13-10-8-2/h11,14-22,33-34H,7-10,12-13H2,1-6H3. The van der Waals surface area contributed by atoms with E-state index in [0.29, 0.717) is 11.5 Å². The average molecular weight is 459 g/mol. The molecule has 0 aromatic heterocycles. The molecule has 0 heterocycles. The van der Waals surface area contributed by atoms with Crippen molar-refractivity contribution in [3.63, 3.8) is 0 Å². The summed E-state index contributed by atoms with van der Waals surface area (Å²) in [4.78, 5) is 0. The summed E-state index contributed by atoms with van der Waals surface area (Å²) in [6.07, 6.45) is 6.44. The van der Waals surface area contributed by atoms with Crippen LogP contribution in [0.4, 0.5) is 0 Å². The Hall–Kier alpha value is -2.74. The molecule has 2 nitrogen and oxygen atoms in total. The summed E-state index contributed by atoms with van der Waals surface area (Å²) in [5.41, 5.74) is 7.19. The number of rotatable bonds is 10. The van der Waals surface area contributed by atoms with Crippen molar-refractivity contribution in [2.75, 3.05) is 0 Å². The fourth-order valence-corrected chi connectivity index (χ4v) is 5.14. The molecule has 0 bridgehead atoms. The topological polar surface area (TPSA) is 40.5 Å². The number of hydrogen-bond acceptors (Lipinski definition) is 2. The van der Waals surface area contributed by atoms with Crippen molar-refractivity contribution in [2.45, 2.75) is 90.9 Å². The Morgan fingerprint density at radius 2 is 1.00 bits per heavy atom. The summed E-state index contributed by atoms with van der Waals surface area (Å²) < 4.78 is 0. The number of benzene rings is 3. The van der Waals surface area contributed by atoms with Crippen LogP contribution in [-0.4, -0.2) is 10.2 Å². The van der Waals surface area contributed by atoms with E-state index < -0.39 is 0 Å². The lowest BCUT2D eigenvalue weighted by molar-refractivity contribution is 0.472. The summed E-state index contributed by atoms with van der Waals surface area (Å²) >= 11 is 0. The highest BCUT2D eigenvalue weighted by atomic mass is 16.3. The zero-order chi connectivity index (χ0) is 24.9. The van der Waals surface area contributed by atoms with E-state index in [1.165, 1.54) is 33.4 Å². The number of unbranched alkanes of at least 4 members (excludes halogenated alkanes) is 2. The van der Waals surface area contributed by atoms with E-state index in [1.54, 1.807) is 0 Å². The zero-order valence-corrected chi connectivity index (χ0v) is 21.9. The van der Waals surface area contributed by atoms with Crippen LogP contribution >= 0.6 is 0 Å². The van der Waals surface area contributed by atoms with Gasteiger partial charge in [0, 0.05) is 10.8 Å². The SMILES string of the molecule is CCCCc1cc(O)ccc1C(C)(C)c1cccc(C(C)(C)c2ccc(O)cc2CCCC)c1. The molecular formula is C32H42O2. The van der Waals surface area contributed by atoms with E-state index in [9.17, 15) is 10.2 Å². The van der Waals surface area contributed by atoms with E-state index in [1.807, 2.05) is 24.3 Å². The molecule has 0 saturated carbocycles. The predicted molar refractivity (Wildman–Crippen MR) is 144 cm³/mol. The maximum absolute atomic E-state index is 10.1. The third-order valence-electron chi connectivity index (χ3n) is 7.43. The van der Waals surface area contributed by atoms with Crippen LogP contribution in [0.1, 0.15) is 101 Å². The third kappa shape index (κ3) is 5.49. The first kappa shape index (κ1) is 25.9. The van der Waals surface area contributed by atoms with E-state index in [-0.39, 0.29) is 10.8 Å². The fourth-order valence-electron chi connectivity index (χ4n) is 5.14. The highest BCUT2D eigenvalue weighted by molar-refractivity contribution is 5.50. The average Bonchev–Trinajstić information content (AvgIpc) is 2.81. The first-order valence-corrected chi connectivity index (χ1v) is 12.9. The van der Waals surface area contributed by atoms with Gasteiger partial charge in [-0.05, 0) is 83.3 Å². The Kier molecular flexibility index (Phi) is 8.13. The fraction of sp³-hybridized carbons (Fsp3) is 0.438. The van der Waals surface area contributed by atoms with Gasteiger partial charge < -0.3 is 10.2 Å². The van der Waals surface area contributed by atoms with Gasteiger partial charge in [0.2, 0.25) is 0 Å². The molecule has 0 unspecified atom stereocenters. The van der Waals surface area contributed by atoms with Crippen molar-refractivity contribution in [3.8, 4) is 11.5 Å². The minimum absolute atomic E-state index is 0.192. The molecule has 0 amide bonds. The normalized spacial score (nSPS) is 12.2. The van der Waals surface area contributed by atoms with Crippen molar-refractivity contribution in [3.05, 3.63) is 94.0 Å². The number of aryl methyl sites for hydroxylation is 2. The molecule has 0 atom stereocenters. The summed E-state index contributed by atoms with van der Waals surface area (Å²) in [7, 11) is 0. The van der Waals surface area contributed by atoms with Crippen molar-refractivity contribution < 1.29 is 10.2 Å². The van der Waals surface area contributed by atoms with Crippen LogP contribution in [0.25, 0.3) is 0 Å². The lowest BCUT2D eigenvalue weighted by Crippen LogP contribution is -2.24. The van der Waals surface area contributed by atoms with Gasteiger partial charge >= 0.3 is 0 Å². The molecule has 0 spiro atoms. The third-order valence-corrected chi connectivity index (χ3v) is 7.43. The molecule has 0 aliphatic carbocycles. The second-order valence-corrected chi connectivity index (χ2v) is 10.7. The highest BCUT2D eigenvalue weighted by Gasteiger charge is 2.30. The molecule has 2 heteroatoms.